The molecule has 0 spiro atoms. The maximum atomic E-state index is 13.2. The van der Waals surface area contributed by atoms with E-state index in [2.05, 4.69) is 0 Å². The van der Waals surface area contributed by atoms with Crippen molar-refractivity contribution < 1.29 is 9.18 Å². The minimum Gasteiger partial charge on any atom is -0.298 e. The molecule has 0 radical (unpaired) electrons. The molecule has 1 aliphatic rings. The molecular formula is C13H15FO. The van der Waals surface area contributed by atoms with E-state index in [0.717, 1.165) is 37.5 Å². The lowest BCUT2D eigenvalue weighted by atomic mass is 9.80. The third kappa shape index (κ3) is 1.81. The van der Waals surface area contributed by atoms with Crippen LogP contribution in [-0.4, -0.2) is 13.0 Å². The van der Waals surface area contributed by atoms with Crippen LogP contribution in [0.2, 0.25) is 0 Å². The zero-order chi connectivity index (χ0) is 10.7. The molecule has 0 unspecified atom stereocenters. The van der Waals surface area contributed by atoms with E-state index in [-0.39, 0.29) is 12.1 Å². The number of aldehydes is 1. The highest BCUT2D eigenvalue weighted by Crippen LogP contribution is 2.41. The Labute approximate surface area is 89.3 Å². The molecule has 1 aromatic rings. The van der Waals surface area contributed by atoms with Gasteiger partial charge in [0.05, 0.1) is 6.67 Å². The van der Waals surface area contributed by atoms with Gasteiger partial charge in [-0.1, -0.05) is 31.0 Å². The van der Waals surface area contributed by atoms with E-state index < -0.39 is 0 Å². The van der Waals surface area contributed by atoms with Crippen molar-refractivity contribution in [2.24, 2.45) is 0 Å². The van der Waals surface area contributed by atoms with Crippen LogP contribution in [0.5, 0.6) is 0 Å². The molecule has 0 saturated heterocycles. The highest BCUT2D eigenvalue weighted by Gasteiger charge is 2.35. The summed E-state index contributed by atoms with van der Waals surface area (Å²) in [5.74, 6) is 0. The van der Waals surface area contributed by atoms with Crippen molar-refractivity contribution in [2.45, 2.75) is 31.1 Å². The van der Waals surface area contributed by atoms with Gasteiger partial charge < -0.3 is 0 Å². The monoisotopic (exact) mass is 206 g/mol. The average Bonchev–Trinajstić information content (AvgIpc) is 2.79. The summed E-state index contributed by atoms with van der Waals surface area (Å²) in [4.78, 5) is 10.7. The van der Waals surface area contributed by atoms with Crippen LogP contribution >= 0.6 is 0 Å². The van der Waals surface area contributed by atoms with Crippen LogP contribution in [0, 0.1) is 0 Å². The molecule has 1 aromatic carbocycles. The second-order valence-corrected chi connectivity index (χ2v) is 4.36. The Morgan fingerprint density at radius 3 is 2.67 bits per heavy atom. The van der Waals surface area contributed by atoms with Gasteiger partial charge in [-0.2, -0.15) is 0 Å². The predicted molar refractivity (Wildman–Crippen MR) is 58.0 cm³/mol. The van der Waals surface area contributed by atoms with Crippen molar-refractivity contribution in [3.05, 3.63) is 35.4 Å². The largest absolute Gasteiger partial charge is 0.298 e. The highest BCUT2D eigenvalue weighted by atomic mass is 19.1. The van der Waals surface area contributed by atoms with Gasteiger partial charge in [0.25, 0.3) is 0 Å². The van der Waals surface area contributed by atoms with Gasteiger partial charge in [-0.25, -0.2) is 0 Å². The van der Waals surface area contributed by atoms with Gasteiger partial charge in [0.1, 0.15) is 6.29 Å². The summed E-state index contributed by atoms with van der Waals surface area (Å²) < 4.78 is 13.2. The molecule has 1 aliphatic carbocycles. The van der Waals surface area contributed by atoms with E-state index >= 15 is 0 Å². The minimum atomic E-state index is -0.310. The number of rotatable bonds is 3. The average molecular weight is 206 g/mol. The van der Waals surface area contributed by atoms with Crippen molar-refractivity contribution in [1.29, 1.82) is 0 Å². The summed E-state index contributed by atoms with van der Waals surface area (Å²) in [5, 5.41) is 0. The Kier molecular flexibility index (Phi) is 2.85. The quantitative estimate of drug-likeness (QED) is 0.693. The number of carbonyl (C=O) groups excluding carboxylic acids is 1. The van der Waals surface area contributed by atoms with Gasteiger partial charge in [-0.15, -0.1) is 0 Å². The number of benzene rings is 1. The molecule has 1 nitrogen and oxygen atoms in total. The predicted octanol–water partition coefficient (Wildman–Crippen LogP) is 3.28. The fourth-order valence-corrected chi connectivity index (χ4v) is 2.49. The zero-order valence-electron chi connectivity index (χ0n) is 8.71. The lowest BCUT2D eigenvalue weighted by Crippen LogP contribution is -2.24. The lowest BCUT2D eigenvalue weighted by molar-refractivity contribution is 0.112. The normalized spacial score (nSPS) is 19.0. The van der Waals surface area contributed by atoms with Crippen molar-refractivity contribution in [3.63, 3.8) is 0 Å². The summed E-state index contributed by atoms with van der Waals surface area (Å²) in [7, 11) is 0. The Bertz CT molecular complexity index is 353. The molecular weight excluding hydrogens is 191 g/mol. The van der Waals surface area contributed by atoms with Crippen molar-refractivity contribution >= 4 is 6.29 Å². The van der Waals surface area contributed by atoms with Gasteiger partial charge in [0.2, 0.25) is 0 Å². The SMILES string of the molecule is O=Cc1cccc(C2(CF)CCCC2)c1. The van der Waals surface area contributed by atoms with E-state index in [4.69, 9.17) is 0 Å². The van der Waals surface area contributed by atoms with Crippen LogP contribution in [0.1, 0.15) is 41.6 Å². The van der Waals surface area contributed by atoms with E-state index in [1.807, 2.05) is 18.2 Å². The van der Waals surface area contributed by atoms with Gasteiger partial charge in [-0.05, 0) is 24.5 Å². The number of alkyl halides is 1. The third-order valence-electron chi connectivity index (χ3n) is 3.45. The molecule has 0 N–H and O–H groups in total. The van der Waals surface area contributed by atoms with Crippen LogP contribution in [0.4, 0.5) is 4.39 Å². The topological polar surface area (TPSA) is 17.1 Å². The van der Waals surface area contributed by atoms with Crippen molar-refractivity contribution in [3.8, 4) is 0 Å². The molecule has 2 heteroatoms. The first-order valence-corrected chi connectivity index (χ1v) is 5.42. The fraction of sp³-hybridized carbons (Fsp3) is 0.462. The number of hydrogen-bond donors (Lipinski definition) is 0. The lowest BCUT2D eigenvalue weighted by Gasteiger charge is -2.26. The Hall–Kier alpha value is -1.18. The molecule has 0 amide bonds. The van der Waals surface area contributed by atoms with Gasteiger partial charge in [0, 0.05) is 11.0 Å². The van der Waals surface area contributed by atoms with Crippen molar-refractivity contribution in [2.75, 3.05) is 6.67 Å². The Balaban J connectivity index is 2.37. The molecule has 1 fully saturated rings. The number of hydrogen-bond acceptors (Lipinski definition) is 1. The van der Waals surface area contributed by atoms with E-state index in [1.165, 1.54) is 0 Å². The number of halogens is 1. The summed E-state index contributed by atoms with van der Waals surface area (Å²) in [6, 6.07) is 7.38. The highest BCUT2D eigenvalue weighted by molar-refractivity contribution is 5.75. The van der Waals surface area contributed by atoms with Gasteiger partial charge >= 0.3 is 0 Å². The van der Waals surface area contributed by atoms with Crippen LogP contribution in [0.15, 0.2) is 24.3 Å². The van der Waals surface area contributed by atoms with Crippen LogP contribution in [0.3, 0.4) is 0 Å². The molecule has 80 valence electrons. The first-order valence-electron chi connectivity index (χ1n) is 5.42. The van der Waals surface area contributed by atoms with Crippen LogP contribution < -0.4 is 0 Å². The fourth-order valence-electron chi connectivity index (χ4n) is 2.49. The molecule has 0 atom stereocenters. The first-order chi connectivity index (χ1) is 7.30. The van der Waals surface area contributed by atoms with Gasteiger partial charge in [-0.3, -0.25) is 9.18 Å². The van der Waals surface area contributed by atoms with Crippen LogP contribution in [-0.2, 0) is 5.41 Å². The third-order valence-corrected chi connectivity index (χ3v) is 3.45. The summed E-state index contributed by atoms with van der Waals surface area (Å²) in [6.07, 6.45) is 4.83. The summed E-state index contributed by atoms with van der Waals surface area (Å²) in [6.45, 7) is -0.310. The summed E-state index contributed by atoms with van der Waals surface area (Å²) in [5.41, 5.74) is 1.33. The molecule has 2 rings (SSSR count). The van der Waals surface area contributed by atoms with Crippen LogP contribution in [0.25, 0.3) is 0 Å². The standard InChI is InChI=1S/C13H15FO/c14-10-13(6-1-2-7-13)12-5-3-4-11(8-12)9-15/h3-5,8-9H,1-2,6-7,10H2. The minimum absolute atomic E-state index is 0.307. The second-order valence-electron chi connectivity index (χ2n) is 4.36. The number of carbonyl (C=O) groups is 1. The Morgan fingerprint density at radius 2 is 2.07 bits per heavy atom. The smallest absolute Gasteiger partial charge is 0.150 e. The molecule has 0 heterocycles. The van der Waals surface area contributed by atoms with Gasteiger partial charge in [0.15, 0.2) is 0 Å². The second kappa shape index (κ2) is 4.13. The maximum absolute atomic E-state index is 13.2. The summed E-state index contributed by atoms with van der Waals surface area (Å²) >= 11 is 0. The van der Waals surface area contributed by atoms with Crippen molar-refractivity contribution in [1.82, 2.24) is 0 Å². The molecule has 0 aliphatic heterocycles. The molecule has 0 aromatic heterocycles. The molecule has 15 heavy (non-hydrogen) atoms. The zero-order valence-corrected chi connectivity index (χ0v) is 8.71. The van der Waals surface area contributed by atoms with E-state index in [9.17, 15) is 9.18 Å². The molecule has 1 saturated carbocycles. The van der Waals surface area contributed by atoms with E-state index in [0.29, 0.717) is 5.56 Å². The van der Waals surface area contributed by atoms with E-state index in [1.54, 1.807) is 6.07 Å². The maximum Gasteiger partial charge on any atom is 0.150 e. The Morgan fingerprint density at radius 1 is 1.33 bits per heavy atom. The molecule has 0 bridgehead atoms. The first kappa shape index (κ1) is 10.3.